The molecule has 0 radical (unpaired) electrons. The van der Waals surface area contributed by atoms with Gasteiger partial charge in [0.2, 0.25) is 0 Å². The van der Waals surface area contributed by atoms with Crippen molar-refractivity contribution in [3.8, 4) is 0 Å². The summed E-state index contributed by atoms with van der Waals surface area (Å²) in [6.07, 6.45) is 2.03. The highest BCUT2D eigenvalue weighted by atomic mass is 127. The molecule has 23 heavy (non-hydrogen) atoms. The Morgan fingerprint density at radius 3 is 1.13 bits per heavy atom. The number of hydrogen-bond acceptors (Lipinski definition) is 5. The van der Waals surface area contributed by atoms with Gasteiger partial charge in [-0.05, 0) is 49.4 Å². The van der Waals surface area contributed by atoms with Gasteiger partial charge < -0.3 is 21.8 Å². The average molecular weight is 590 g/mol. The van der Waals surface area contributed by atoms with Crippen LogP contribution in [0, 0.1) is 0 Å². The van der Waals surface area contributed by atoms with Crippen LogP contribution in [-0.4, -0.2) is 52.9 Å². The van der Waals surface area contributed by atoms with Crippen molar-refractivity contribution in [3.05, 3.63) is 0 Å². The van der Waals surface area contributed by atoms with Gasteiger partial charge in [-0.2, -0.15) is 0 Å². The van der Waals surface area contributed by atoms with Crippen molar-refractivity contribution in [1.82, 2.24) is 0 Å². The molecular formula is C14H32I2O5Si2. The van der Waals surface area contributed by atoms with Crippen molar-refractivity contribution in [2.75, 3.05) is 35.3 Å². The fraction of sp³-hybridized carbons (Fsp3) is 1.00. The number of halogens is 2. The van der Waals surface area contributed by atoms with E-state index in [9.17, 15) is 0 Å². The van der Waals surface area contributed by atoms with E-state index in [1.807, 2.05) is 27.7 Å². The van der Waals surface area contributed by atoms with Crippen LogP contribution in [0.5, 0.6) is 0 Å². The standard InChI is InChI=1S/C14H32I2O5Si2/c1-5-17-22(18-6-2,13-9-11-15)21-23(19-7-3,20-8-4)14-10-12-16/h5-14H2,1-4H3. The SMILES string of the molecule is CCO[Si](CCCI)(OCC)O[Si](CCCI)(OCC)OCC. The molecular weight excluding hydrogens is 558 g/mol. The van der Waals surface area contributed by atoms with Crippen LogP contribution in [0.3, 0.4) is 0 Å². The van der Waals surface area contributed by atoms with E-state index in [1.54, 1.807) is 0 Å². The number of hydrogen-bond donors (Lipinski definition) is 0. The van der Waals surface area contributed by atoms with Crippen molar-refractivity contribution < 1.29 is 21.8 Å². The Kier molecular flexibility index (Phi) is 15.9. The summed E-state index contributed by atoms with van der Waals surface area (Å²) in [4.78, 5) is 0. The molecule has 0 bridgehead atoms. The lowest BCUT2D eigenvalue weighted by Gasteiger charge is -2.38. The zero-order valence-electron chi connectivity index (χ0n) is 14.9. The van der Waals surface area contributed by atoms with Gasteiger partial charge >= 0.3 is 17.6 Å². The maximum absolute atomic E-state index is 6.57. The van der Waals surface area contributed by atoms with Crippen molar-refractivity contribution >= 4 is 62.8 Å². The largest absolute Gasteiger partial charge is 0.493 e. The number of alkyl halides is 2. The molecule has 9 heteroatoms. The minimum Gasteiger partial charge on any atom is -0.374 e. The van der Waals surface area contributed by atoms with E-state index in [4.69, 9.17) is 21.8 Å². The van der Waals surface area contributed by atoms with Gasteiger partial charge in [-0.15, -0.1) is 0 Å². The Morgan fingerprint density at radius 1 is 0.609 bits per heavy atom. The van der Waals surface area contributed by atoms with Gasteiger partial charge in [0.15, 0.2) is 0 Å². The Morgan fingerprint density at radius 2 is 0.913 bits per heavy atom. The van der Waals surface area contributed by atoms with E-state index in [-0.39, 0.29) is 0 Å². The second-order valence-corrected chi connectivity index (χ2v) is 12.6. The molecule has 0 heterocycles. The molecule has 0 atom stereocenters. The molecule has 0 aliphatic carbocycles. The van der Waals surface area contributed by atoms with Crippen molar-refractivity contribution in [3.63, 3.8) is 0 Å². The Labute approximate surface area is 171 Å². The van der Waals surface area contributed by atoms with Crippen LogP contribution in [-0.2, 0) is 21.8 Å². The first-order valence-electron chi connectivity index (χ1n) is 8.45. The molecule has 0 fully saturated rings. The van der Waals surface area contributed by atoms with E-state index in [0.29, 0.717) is 26.4 Å². The molecule has 0 aliphatic heterocycles. The predicted molar refractivity (Wildman–Crippen MR) is 116 cm³/mol. The third-order valence-corrected chi connectivity index (χ3v) is 11.9. The summed E-state index contributed by atoms with van der Waals surface area (Å²) in [7, 11) is -5.54. The lowest BCUT2D eigenvalue weighted by atomic mass is 10.6. The lowest BCUT2D eigenvalue weighted by molar-refractivity contribution is 0.0494. The van der Waals surface area contributed by atoms with Gasteiger partial charge in [0.1, 0.15) is 0 Å². The summed E-state index contributed by atoms with van der Waals surface area (Å²) >= 11 is 4.76. The quantitative estimate of drug-likeness (QED) is 0.149. The summed E-state index contributed by atoms with van der Waals surface area (Å²) in [6.45, 7) is 10.3. The molecule has 0 aromatic rings. The highest BCUT2D eigenvalue weighted by Gasteiger charge is 2.52. The van der Waals surface area contributed by atoms with Gasteiger partial charge in [0.25, 0.3) is 0 Å². The monoisotopic (exact) mass is 590 g/mol. The molecule has 0 rings (SSSR count). The highest BCUT2D eigenvalue weighted by Crippen LogP contribution is 2.28. The third kappa shape index (κ3) is 9.82. The normalized spacial score (nSPS) is 12.8. The fourth-order valence-corrected chi connectivity index (χ4v) is 11.9. The van der Waals surface area contributed by atoms with Crippen LogP contribution in [0.15, 0.2) is 0 Å². The second kappa shape index (κ2) is 14.8. The molecule has 0 unspecified atom stereocenters. The second-order valence-electron chi connectivity index (χ2n) is 4.79. The van der Waals surface area contributed by atoms with Crippen LogP contribution in [0.4, 0.5) is 0 Å². The Hall–Kier alpha value is 1.69. The van der Waals surface area contributed by atoms with Gasteiger partial charge in [0, 0.05) is 38.5 Å². The predicted octanol–water partition coefficient (Wildman–Crippen LogP) is 4.68. The van der Waals surface area contributed by atoms with E-state index in [1.165, 1.54) is 0 Å². The molecule has 0 aromatic carbocycles. The first-order chi connectivity index (χ1) is 11.1. The Bertz CT molecular complexity index is 250. The van der Waals surface area contributed by atoms with Crippen molar-refractivity contribution in [1.29, 1.82) is 0 Å². The van der Waals surface area contributed by atoms with Crippen molar-refractivity contribution in [2.24, 2.45) is 0 Å². The Balaban J connectivity index is 5.39. The summed E-state index contributed by atoms with van der Waals surface area (Å²) in [6, 6.07) is 1.63. The van der Waals surface area contributed by atoms with Gasteiger partial charge in [0.05, 0.1) is 0 Å². The van der Waals surface area contributed by atoms with Gasteiger partial charge in [-0.3, -0.25) is 0 Å². The maximum atomic E-state index is 6.57. The molecule has 0 saturated carbocycles. The lowest BCUT2D eigenvalue weighted by Crippen LogP contribution is -2.59. The van der Waals surface area contributed by atoms with E-state index in [0.717, 1.165) is 33.8 Å². The molecule has 0 spiro atoms. The zero-order chi connectivity index (χ0) is 17.6. The van der Waals surface area contributed by atoms with E-state index < -0.39 is 17.6 Å². The molecule has 0 saturated heterocycles. The molecule has 0 amide bonds. The molecule has 0 aliphatic rings. The topological polar surface area (TPSA) is 46.2 Å². The molecule has 140 valence electrons. The summed E-state index contributed by atoms with van der Waals surface area (Å²) in [5, 5.41) is 0. The third-order valence-electron chi connectivity index (χ3n) is 3.00. The zero-order valence-corrected chi connectivity index (χ0v) is 21.2. The van der Waals surface area contributed by atoms with Crippen LogP contribution in [0.2, 0.25) is 12.1 Å². The van der Waals surface area contributed by atoms with Gasteiger partial charge in [-0.25, -0.2) is 0 Å². The fourth-order valence-electron chi connectivity index (χ4n) is 2.28. The van der Waals surface area contributed by atoms with Gasteiger partial charge in [-0.1, -0.05) is 45.2 Å². The minimum absolute atomic E-state index is 0.586. The summed E-state index contributed by atoms with van der Waals surface area (Å²) in [5.41, 5.74) is 0. The van der Waals surface area contributed by atoms with Crippen molar-refractivity contribution in [2.45, 2.75) is 52.6 Å². The molecule has 0 N–H and O–H groups in total. The highest BCUT2D eigenvalue weighted by molar-refractivity contribution is 14.1. The first-order valence-corrected chi connectivity index (χ1v) is 15.4. The summed E-state index contributed by atoms with van der Waals surface area (Å²) < 4.78 is 32.9. The smallest absolute Gasteiger partial charge is 0.374 e. The molecule has 5 nitrogen and oxygen atoms in total. The number of rotatable bonds is 16. The minimum atomic E-state index is -2.77. The first kappa shape index (κ1) is 24.7. The van der Waals surface area contributed by atoms with Crippen LogP contribution >= 0.6 is 45.2 Å². The van der Waals surface area contributed by atoms with Crippen LogP contribution in [0.25, 0.3) is 0 Å². The van der Waals surface area contributed by atoms with E-state index >= 15 is 0 Å². The van der Waals surface area contributed by atoms with Crippen LogP contribution < -0.4 is 0 Å². The maximum Gasteiger partial charge on any atom is 0.493 e. The molecule has 0 aromatic heterocycles. The van der Waals surface area contributed by atoms with Crippen LogP contribution in [0.1, 0.15) is 40.5 Å². The average Bonchev–Trinajstić information content (AvgIpc) is 2.52. The summed E-state index contributed by atoms with van der Waals surface area (Å²) in [5.74, 6) is 0. The van der Waals surface area contributed by atoms with E-state index in [2.05, 4.69) is 45.2 Å².